The van der Waals surface area contributed by atoms with Crippen molar-refractivity contribution in [1.29, 1.82) is 0 Å². The number of likely N-dealkylation sites (tertiary alicyclic amines) is 1. The Morgan fingerprint density at radius 3 is 2.69 bits per heavy atom. The molecule has 2 aliphatic rings. The summed E-state index contributed by atoms with van der Waals surface area (Å²) in [5.41, 5.74) is 9.17. The molecule has 0 bridgehead atoms. The second kappa shape index (κ2) is 9.50. The van der Waals surface area contributed by atoms with Gasteiger partial charge in [-0.05, 0) is 68.1 Å². The molecule has 1 aliphatic carbocycles. The minimum atomic E-state index is 0.0248. The van der Waals surface area contributed by atoms with E-state index in [0.29, 0.717) is 5.92 Å². The Morgan fingerprint density at radius 1 is 1.12 bits per heavy atom. The lowest BCUT2D eigenvalue weighted by atomic mass is 9.96. The molecule has 0 spiro atoms. The molecule has 3 heterocycles. The summed E-state index contributed by atoms with van der Waals surface area (Å²) in [6.45, 7) is 3.92. The van der Waals surface area contributed by atoms with Crippen LogP contribution in [-0.2, 0) is 11.2 Å². The number of nitrogens with one attached hydrogen (secondary N) is 2. The molecule has 7 nitrogen and oxygen atoms in total. The van der Waals surface area contributed by atoms with Gasteiger partial charge in [-0.2, -0.15) is 5.48 Å². The fourth-order valence-electron chi connectivity index (χ4n) is 5.07. The number of piperidine rings is 1. The van der Waals surface area contributed by atoms with Crippen LogP contribution in [0.5, 0.6) is 0 Å². The average molecular weight is 434 g/mol. The summed E-state index contributed by atoms with van der Waals surface area (Å²) in [6.07, 6.45) is 7.73. The van der Waals surface area contributed by atoms with Crippen molar-refractivity contribution >= 4 is 0 Å². The molecule has 168 valence electrons. The third kappa shape index (κ3) is 4.21. The van der Waals surface area contributed by atoms with E-state index in [1.165, 1.54) is 11.1 Å². The second-order valence-corrected chi connectivity index (χ2v) is 8.82. The quantitative estimate of drug-likeness (QED) is 0.490. The standard InChI is InChI=1S/C25H31N5O2/c1-32-15-14-30-12-8-18(9-13-30)25-27-23(17-6-10-26-11-7-17)24(28-25)20-2-4-21-19(16-20)3-5-22(21)29-31/h2,4,6-7,10-11,16,18,22,29,31H,3,5,8-9,12-15H2,1H3,(H,27,28). The third-order valence-electron chi connectivity index (χ3n) is 6.93. The van der Waals surface area contributed by atoms with Gasteiger partial charge in [0, 0.05) is 43.1 Å². The first kappa shape index (κ1) is 21.3. The molecule has 1 saturated heterocycles. The first-order chi connectivity index (χ1) is 15.8. The number of rotatable bonds is 7. The molecule has 2 aromatic heterocycles. The lowest BCUT2D eigenvalue weighted by molar-refractivity contribution is 0.126. The smallest absolute Gasteiger partial charge is 0.110 e. The highest BCUT2D eigenvalue weighted by atomic mass is 16.5. The van der Waals surface area contributed by atoms with Gasteiger partial charge in [-0.25, -0.2) is 4.98 Å². The van der Waals surface area contributed by atoms with Crippen molar-refractivity contribution < 1.29 is 9.94 Å². The molecule has 7 heteroatoms. The normalized spacial score (nSPS) is 19.4. The molecular formula is C25H31N5O2. The van der Waals surface area contributed by atoms with E-state index in [0.717, 1.165) is 80.3 Å². The van der Waals surface area contributed by atoms with E-state index in [-0.39, 0.29) is 6.04 Å². The molecule has 5 rings (SSSR count). The Labute approximate surface area is 188 Å². The number of hydroxylamine groups is 1. The molecule has 3 aromatic rings. The molecule has 0 saturated carbocycles. The molecule has 1 unspecified atom stereocenters. The highest BCUT2D eigenvalue weighted by Gasteiger charge is 2.26. The monoisotopic (exact) mass is 433 g/mol. The Kier molecular flexibility index (Phi) is 6.32. The lowest BCUT2D eigenvalue weighted by Crippen LogP contribution is -2.35. The maximum absolute atomic E-state index is 9.42. The summed E-state index contributed by atoms with van der Waals surface area (Å²) < 4.78 is 5.24. The van der Waals surface area contributed by atoms with Crippen LogP contribution in [0.4, 0.5) is 0 Å². The average Bonchev–Trinajstić information content (AvgIpc) is 3.48. The highest BCUT2D eigenvalue weighted by Crippen LogP contribution is 2.38. The number of aromatic nitrogens is 3. The Hall–Kier alpha value is -2.58. The minimum Gasteiger partial charge on any atom is -0.383 e. The number of hydrogen-bond acceptors (Lipinski definition) is 6. The van der Waals surface area contributed by atoms with Gasteiger partial charge in [0.15, 0.2) is 0 Å². The summed E-state index contributed by atoms with van der Waals surface area (Å²) in [6, 6.07) is 10.6. The molecule has 1 aromatic carbocycles. The number of benzene rings is 1. The topological polar surface area (TPSA) is 86.3 Å². The number of methoxy groups -OCH3 is 1. The second-order valence-electron chi connectivity index (χ2n) is 8.82. The van der Waals surface area contributed by atoms with Crippen molar-refractivity contribution in [2.45, 2.75) is 37.6 Å². The van der Waals surface area contributed by atoms with E-state index in [2.05, 4.69) is 38.5 Å². The number of imidazole rings is 1. The maximum atomic E-state index is 9.42. The SMILES string of the molecule is COCCN1CCC(c2nc(-c3ccc4c(c3)CCC4NO)c(-c3ccncc3)[nH]2)CC1. The Bertz CT molecular complexity index is 1040. The van der Waals surface area contributed by atoms with Crippen molar-refractivity contribution in [3.63, 3.8) is 0 Å². The number of fused-ring (bicyclic) bond motifs is 1. The summed E-state index contributed by atoms with van der Waals surface area (Å²) in [7, 11) is 1.76. The van der Waals surface area contributed by atoms with Crippen LogP contribution < -0.4 is 5.48 Å². The number of nitrogens with zero attached hydrogens (tertiary/aromatic N) is 3. The molecule has 1 atom stereocenters. The summed E-state index contributed by atoms with van der Waals surface area (Å²) in [4.78, 5) is 15.5. The van der Waals surface area contributed by atoms with Gasteiger partial charge in [-0.3, -0.25) is 4.98 Å². The predicted molar refractivity (Wildman–Crippen MR) is 124 cm³/mol. The largest absolute Gasteiger partial charge is 0.383 e. The number of pyridine rings is 1. The summed E-state index contributed by atoms with van der Waals surface area (Å²) in [5, 5.41) is 9.42. The van der Waals surface area contributed by atoms with Gasteiger partial charge in [-0.15, -0.1) is 0 Å². The van der Waals surface area contributed by atoms with Gasteiger partial charge < -0.3 is 19.8 Å². The van der Waals surface area contributed by atoms with Crippen LogP contribution in [0.15, 0.2) is 42.7 Å². The van der Waals surface area contributed by atoms with E-state index in [1.54, 1.807) is 7.11 Å². The van der Waals surface area contributed by atoms with E-state index < -0.39 is 0 Å². The number of H-pyrrole nitrogens is 1. The highest BCUT2D eigenvalue weighted by molar-refractivity contribution is 5.79. The van der Waals surface area contributed by atoms with Crippen molar-refractivity contribution in [1.82, 2.24) is 25.3 Å². The van der Waals surface area contributed by atoms with Crippen molar-refractivity contribution in [2.24, 2.45) is 0 Å². The van der Waals surface area contributed by atoms with Crippen LogP contribution in [0.25, 0.3) is 22.5 Å². The van der Waals surface area contributed by atoms with Gasteiger partial charge >= 0.3 is 0 Å². The van der Waals surface area contributed by atoms with Crippen LogP contribution >= 0.6 is 0 Å². The number of aryl methyl sites for hydroxylation is 1. The zero-order chi connectivity index (χ0) is 21.9. The van der Waals surface area contributed by atoms with E-state index >= 15 is 0 Å². The lowest BCUT2D eigenvalue weighted by Gasteiger charge is -2.30. The molecule has 0 amide bonds. The molecule has 32 heavy (non-hydrogen) atoms. The minimum absolute atomic E-state index is 0.0248. The third-order valence-corrected chi connectivity index (χ3v) is 6.93. The summed E-state index contributed by atoms with van der Waals surface area (Å²) in [5.74, 6) is 1.51. The molecule has 1 fully saturated rings. The van der Waals surface area contributed by atoms with Crippen molar-refractivity contribution in [2.75, 3.05) is 33.4 Å². The van der Waals surface area contributed by atoms with Gasteiger partial charge in [0.2, 0.25) is 0 Å². The number of aromatic amines is 1. The van der Waals surface area contributed by atoms with Gasteiger partial charge in [0.25, 0.3) is 0 Å². The maximum Gasteiger partial charge on any atom is 0.110 e. The van der Waals surface area contributed by atoms with Crippen LogP contribution in [0, 0.1) is 0 Å². The number of ether oxygens (including phenoxy) is 1. The summed E-state index contributed by atoms with van der Waals surface area (Å²) >= 11 is 0. The van der Waals surface area contributed by atoms with E-state index in [1.807, 2.05) is 24.5 Å². The van der Waals surface area contributed by atoms with Gasteiger partial charge in [-0.1, -0.05) is 12.1 Å². The molecule has 1 aliphatic heterocycles. The van der Waals surface area contributed by atoms with E-state index in [9.17, 15) is 5.21 Å². The van der Waals surface area contributed by atoms with Gasteiger partial charge in [0.1, 0.15) is 5.82 Å². The molecule has 3 N–H and O–H groups in total. The van der Waals surface area contributed by atoms with Crippen LogP contribution in [0.2, 0.25) is 0 Å². The van der Waals surface area contributed by atoms with Gasteiger partial charge in [0.05, 0.1) is 24.0 Å². The first-order valence-electron chi connectivity index (χ1n) is 11.5. The zero-order valence-corrected chi connectivity index (χ0v) is 18.6. The Morgan fingerprint density at radius 2 is 1.94 bits per heavy atom. The van der Waals surface area contributed by atoms with Crippen molar-refractivity contribution in [3.05, 3.63) is 59.7 Å². The first-order valence-corrected chi connectivity index (χ1v) is 11.5. The fraction of sp³-hybridized carbons (Fsp3) is 0.440. The van der Waals surface area contributed by atoms with Crippen LogP contribution in [-0.4, -0.2) is 58.4 Å². The van der Waals surface area contributed by atoms with Crippen molar-refractivity contribution in [3.8, 4) is 22.5 Å². The zero-order valence-electron chi connectivity index (χ0n) is 18.6. The van der Waals surface area contributed by atoms with E-state index in [4.69, 9.17) is 9.72 Å². The van der Waals surface area contributed by atoms with Crippen LogP contribution in [0.3, 0.4) is 0 Å². The molecular weight excluding hydrogens is 402 g/mol. The predicted octanol–water partition coefficient (Wildman–Crippen LogP) is 3.93. The molecule has 0 radical (unpaired) electrons. The van der Waals surface area contributed by atoms with Crippen LogP contribution in [0.1, 0.15) is 48.2 Å². The Balaban J connectivity index is 1.46. The fourth-order valence-corrected chi connectivity index (χ4v) is 5.07. The number of hydrogen-bond donors (Lipinski definition) is 3.